The van der Waals surface area contributed by atoms with E-state index in [2.05, 4.69) is 13.0 Å². The van der Waals surface area contributed by atoms with Crippen molar-refractivity contribution in [2.75, 3.05) is 13.2 Å². The molecule has 0 amide bonds. The number of hydrogen-bond acceptors (Lipinski definition) is 9. The molecule has 0 aliphatic heterocycles. The van der Waals surface area contributed by atoms with Gasteiger partial charge in [-0.25, -0.2) is 0 Å². The lowest BCUT2D eigenvalue weighted by molar-refractivity contribution is -0.202. The summed E-state index contributed by atoms with van der Waals surface area (Å²) >= 11 is 6.66. The molecule has 0 unspecified atom stereocenters. The highest BCUT2D eigenvalue weighted by Gasteiger charge is 2.51. The second-order valence-electron chi connectivity index (χ2n) is 10.4. The van der Waals surface area contributed by atoms with E-state index in [1.165, 1.54) is 27.7 Å². The molecular formula is C32H39ClO9. The number of rotatable bonds is 11. The molecule has 1 aliphatic rings. The summed E-state index contributed by atoms with van der Waals surface area (Å²) in [6, 6.07) is 11.6. The number of esters is 4. The molecule has 1 saturated carbocycles. The summed E-state index contributed by atoms with van der Waals surface area (Å²) in [5, 5.41) is 0.566. The fourth-order valence-electron chi connectivity index (χ4n) is 5.51. The van der Waals surface area contributed by atoms with Gasteiger partial charge in [0.25, 0.3) is 0 Å². The molecule has 10 heteroatoms. The Balaban J connectivity index is 2.06. The number of halogens is 1. The number of benzene rings is 2. The zero-order valence-electron chi connectivity index (χ0n) is 24.9. The Labute approximate surface area is 251 Å². The molecule has 2 aromatic rings. The van der Waals surface area contributed by atoms with E-state index in [0.717, 1.165) is 34.4 Å². The zero-order valence-corrected chi connectivity index (χ0v) is 25.7. The summed E-state index contributed by atoms with van der Waals surface area (Å²) in [5.41, 5.74) is 3.78. The minimum Gasteiger partial charge on any atom is -0.494 e. The zero-order chi connectivity index (χ0) is 31.0. The van der Waals surface area contributed by atoms with E-state index < -0.39 is 54.0 Å². The summed E-state index contributed by atoms with van der Waals surface area (Å²) in [6.45, 7) is 9.52. The maximum atomic E-state index is 12.3. The summed E-state index contributed by atoms with van der Waals surface area (Å²) in [7, 11) is 0. The predicted octanol–water partition coefficient (Wildman–Crippen LogP) is 5.35. The summed E-state index contributed by atoms with van der Waals surface area (Å²) in [4.78, 5) is 48.2. The Morgan fingerprint density at radius 1 is 0.786 bits per heavy atom. The van der Waals surface area contributed by atoms with Crippen molar-refractivity contribution in [1.82, 2.24) is 0 Å². The molecule has 42 heavy (non-hydrogen) atoms. The van der Waals surface area contributed by atoms with Crippen molar-refractivity contribution in [3.8, 4) is 5.75 Å². The van der Waals surface area contributed by atoms with Gasteiger partial charge in [-0.3, -0.25) is 19.2 Å². The van der Waals surface area contributed by atoms with E-state index in [0.29, 0.717) is 24.5 Å². The molecule has 0 bridgehead atoms. The van der Waals surface area contributed by atoms with Gasteiger partial charge in [0.1, 0.15) is 18.0 Å². The second-order valence-corrected chi connectivity index (χ2v) is 10.8. The third kappa shape index (κ3) is 8.71. The van der Waals surface area contributed by atoms with Crippen LogP contribution in [0.1, 0.15) is 76.1 Å². The van der Waals surface area contributed by atoms with Gasteiger partial charge in [0.05, 0.1) is 13.2 Å². The number of aryl methyl sites for hydroxylation is 1. The van der Waals surface area contributed by atoms with Crippen molar-refractivity contribution in [2.45, 2.75) is 85.0 Å². The lowest BCUT2D eigenvalue weighted by Crippen LogP contribution is -2.56. The van der Waals surface area contributed by atoms with Crippen LogP contribution in [0.4, 0.5) is 0 Å². The van der Waals surface area contributed by atoms with Crippen molar-refractivity contribution >= 4 is 35.5 Å². The highest BCUT2D eigenvalue weighted by atomic mass is 35.5. The first-order chi connectivity index (χ1) is 19.9. The average molecular weight is 603 g/mol. The van der Waals surface area contributed by atoms with Crippen molar-refractivity contribution in [3.63, 3.8) is 0 Å². The second kappa shape index (κ2) is 15.0. The van der Waals surface area contributed by atoms with Gasteiger partial charge in [-0.1, -0.05) is 42.8 Å². The van der Waals surface area contributed by atoms with Gasteiger partial charge in [-0.2, -0.15) is 0 Å². The van der Waals surface area contributed by atoms with Gasteiger partial charge in [0, 0.05) is 44.6 Å². The predicted molar refractivity (Wildman–Crippen MR) is 155 cm³/mol. The SMILES string of the molecule is CCOc1ccc(Cc2cc([C@@H]3C[C@H](COC(C)=O)[C@@H](OC(C)=O)[C@H](OC(C)=O)[C@H]3OC(C)=O)ccc2Cl)cc1CC. The lowest BCUT2D eigenvalue weighted by Gasteiger charge is -2.44. The Morgan fingerprint density at radius 2 is 1.43 bits per heavy atom. The van der Waals surface area contributed by atoms with E-state index in [1.807, 2.05) is 31.2 Å². The van der Waals surface area contributed by atoms with Crippen LogP contribution in [0.5, 0.6) is 5.75 Å². The number of ether oxygens (including phenoxy) is 5. The quantitative estimate of drug-likeness (QED) is 0.248. The van der Waals surface area contributed by atoms with Crippen LogP contribution in [0.15, 0.2) is 36.4 Å². The summed E-state index contributed by atoms with van der Waals surface area (Å²) in [6.07, 6.45) is -1.45. The Bertz CT molecular complexity index is 1290. The van der Waals surface area contributed by atoms with Gasteiger partial charge in [0.2, 0.25) is 0 Å². The van der Waals surface area contributed by atoms with Crippen LogP contribution in [-0.2, 0) is 51.0 Å². The molecule has 228 valence electrons. The molecule has 0 aromatic heterocycles. The third-order valence-electron chi connectivity index (χ3n) is 7.17. The van der Waals surface area contributed by atoms with Crippen LogP contribution in [0, 0.1) is 5.92 Å². The van der Waals surface area contributed by atoms with Gasteiger partial charge in [0.15, 0.2) is 6.10 Å². The Morgan fingerprint density at radius 3 is 2.02 bits per heavy atom. The molecule has 1 aliphatic carbocycles. The Kier molecular flexibility index (Phi) is 11.8. The van der Waals surface area contributed by atoms with E-state index >= 15 is 0 Å². The van der Waals surface area contributed by atoms with Gasteiger partial charge >= 0.3 is 23.9 Å². The van der Waals surface area contributed by atoms with Gasteiger partial charge in [-0.05, 0) is 60.6 Å². The van der Waals surface area contributed by atoms with Crippen molar-refractivity contribution in [1.29, 1.82) is 0 Å². The van der Waals surface area contributed by atoms with E-state index in [4.69, 9.17) is 35.3 Å². The molecule has 2 aromatic carbocycles. The first-order valence-electron chi connectivity index (χ1n) is 14.1. The molecule has 0 spiro atoms. The normalized spacial score (nSPS) is 21.6. The number of hydrogen-bond donors (Lipinski definition) is 0. The van der Waals surface area contributed by atoms with Crippen LogP contribution < -0.4 is 4.74 Å². The maximum absolute atomic E-state index is 12.3. The topological polar surface area (TPSA) is 114 Å². The van der Waals surface area contributed by atoms with Crippen molar-refractivity contribution in [3.05, 3.63) is 63.7 Å². The van der Waals surface area contributed by atoms with E-state index in [9.17, 15) is 19.2 Å². The molecule has 1 fully saturated rings. The molecular weight excluding hydrogens is 564 g/mol. The molecule has 0 heterocycles. The van der Waals surface area contributed by atoms with Crippen LogP contribution in [-0.4, -0.2) is 55.4 Å². The smallest absolute Gasteiger partial charge is 0.303 e. The minimum atomic E-state index is -1.13. The van der Waals surface area contributed by atoms with Crippen molar-refractivity contribution in [2.24, 2.45) is 5.92 Å². The summed E-state index contributed by atoms with van der Waals surface area (Å²) < 4.78 is 28.0. The van der Waals surface area contributed by atoms with Crippen LogP contribution in [0.2, 0.25) is 5.02 Å². The van der Waals surface area contributed by atoms with E-state index in [-0.39, 0.29) is 6.61 Å². The van der Waals surface area contributed by atoms with E-state index in [1.54, 1.807) is 6.07 Å². The van der Waals surface area contributed by atoms with Crippen LogP contribution >= 0.6 is 11.6 Å². The summed E-state index contributed by atoms with van der Waals surface area (Å²) in [5.74, 6) is -2.52. The lowest BCUT2D eigenvalue weighted by atomic mass is 9.72. The standard InChI is InChI=1S/C32H39ClO9/c1-7-23-13-22(9-12-29(23)38-8-2)14-25-15-24(10-11-28(25)33)27-16-26(17-39-18(3)34)30(40-19(4)35)32(42-21(6)37)31(27)41-20(5)36/h9-13,15,26-27,30-32H,7-8,14,16-17H2,1-6H3/t26-,27+,30-,31+,32+/m1/s1. The van der Waals surface area contributed by atoms with Crippen LogP contribution in [0.3, 0.4) is 0 Å². The fourth-order valence-corrected chi connectivity index (χ4v) is 5.69. The number of carbonyl (C=O) groups excluding carboxylic acids is 4. The highest BCUT2D eigenvalue weighted by molar-refractivity contribution is 6.31. The largest absolute Gasteiger partial charge is 0.494 e. The van der Waals surface area contributed by atoms with Gasteiger partial charge in [-0.15, -0.1) is 0 Å². The minimum absolute atomic E-state index is 0.0826. The third-order valence-corrected chi connectivity index (χ3v) is 7.54. The van der Waals surface area contributed by atoms with Gasteiger partial charge < -0.3 is 23.7 Å². The number of carbonyl (C=O) groups is 4. The first-order valence-corrected chi connectivity index (χ1v) is 14.5. The molecule has 3 rings (SSSR count). The average Bonchev–Trinajstić information content (AvgIpc) is 2.91. The molecule has 0 N–H and O–H groups in total. The molecule has 9 nitrogen and oxygen atoms in total. The van der Waals surface area contributed by atoms with Crippen molar-refractivity contribution < 1.29 is 42.9 Å². The first kappa shape index (κ1) is 32.9. The Hall–Kier alpha value is -3.59. The monoisotopic (exact) mass is 602 g/mol. The fraction of sp³-hybridized carbons (Fsp3) is 0.500. The molecule has 0 saturated heterocycles. The maximum Gasteiger partial charge on any atom is 0.303 e. The highest BCUT2D eigenvalue weighted by Crippen LogP contribution is 2.42. The molecule has 5 atom stereocenters. The molecule has 0 radical (unpaired) electrons. The van der Waals surface area contributed by atoms with Crippen LogP contribution in [0.25, 0.3) is 0 Å².